The number of hydrogen-bond acceptors (Lipinski definition) is 6. The van der Waals surface area contributed by atoms with Crippen LogP contribution in [0.3, 0.4) is 0 Å². The van der Waals surface area contributed by atoms with Gasteiger partial charge < -0.3 is 9.47 Å². The van der Waals surface area contributed by atoms with E-state index in [9.17, 15) is 9.59 Å². The second-order valence-corrected chi connectivity index (χ2v) is 8.89. The molecular weight excluding hydrogens is 448 g/mol. The molecule has 2 heterocycles. The number of carbonyl (C=O) groups is 1. The lowest BCUT2D eigenvalue weighted by Gasteiger charge is -2.24. The van der Waals surface area contributed by atoms with Gasteiger partial charge in [-0.05, 0) is 50.1 Å². The first-order chi connectivity index (χ1) is 16.4. The molecule has 0 radical (unpaired) electrons. The third-order valence-electron chi connectivity index (χ3n) is 5.46. The minimum Gasteiger partial charge on any atom is -0.490 e. The highest BCUT2D eigenvalue weighted by Gasteiger charge is 2.33. The Morgan fingerprint density at radius 3 is 2.50 bits per heavy atom. The highest BCUT2D eigenvalue weighted by Crippen LogP contribution is 2.31. The number of nitrogens with zero attached hydrogens (tertiary/aromatic N) is 2. The van der Waals surface area contributed by atoms with E-state index >= 15 is 0 Å². The quantitative estimate of drug-likeness (QED) is 0.387. The van der Waals surface area contributed by atoms with Crippen LogP contribution >= 0.6 is 11.3 Å². The molecule has 7 heteroatoms. The number of thiazole rings is 1. The van der Waals surface area contributed by atoms with Gasteiger partial charge in [-0.3, -0.25) is 9.36 Å². The Hall–Kier alpha value is -3.71. The summed E-state index contributed by atoms with van der Waals surface area (Å²) in [5, 5.41) is 0. The summed E-state index contributed by atoms with van der Waals surface area (Å²) in [4.78, 5) is 31.7. The van der Waals surface area contributed by atoms with Crippen LogP contribution in [0.2, 0.25) is 0 Å². The number of carbonyl (C=O) groups excluding carboxylic acids is 1. The van der Waals surface area contributed by atoms with Crippen LogP contribution in [0.1, 0.15) is 36.6 Å². The van der Waals surface area contributed by atoms with E-state index in [4.69, 9.17) is 9.47 Å². The van der Waals surface area contributed by atoms with E-state index in [2.05, 4.69) is 11.6 Å². The van der Waals surface area contributed by atoms with Crippen molar-refractivity contribution >= 4 is 23.4 Å². The van der Waals surface area contributed by atoms with E-state index in [1.165, 1.54) is 11.3 Å². The summed E-state index contributed by atoms with van der Waals surface area (Å²) in [6.07, 6.45) is 3.53. The fraction of sp³-hybridized carbons (Fsp3) is 0.222. The topological polar surface area (TPSA) is 69.9 Å². The van der Waals surface area contributed by atoms with Crippen LogP contribution in [0.15, 0.2) is 82.2 Å². The summed E-state index contributed by atoms with van der Waals surface area (Å²) < 4.78 is 13.1. The average molecular weight is 475 g/mol. The monoisotopic (exact) mass is 474 g/mol. The molecule has 0 saturated heterocycles. The summed E-state index contributed by atoms with van der Waals surface area (Å²) in [6.45, 7) is 9.83. The molecule has 1 aromatic heterocycles. The molecule has 1 atom stereocenters. The zero-order valence-corrected chi connectivity index (χ0v) is 20.2. The van der Waals surface area contributed by atoms with Gasteiger partial charge in [0.25, 0.3) is 5.56 Å². The van der Waals surface area contributed by atoms with Gasteiger partial charge in [0, 0.05) is 0 Å². The largest absolute Gasteiger partial charge is 0.490 e. The number of ether oxygens (including phenoxy) is 2. The molecule has 6 nitrogen and oxygen atoms in total. The Morgan fingerprint density at radius 2 is 1.85 bits per heavy atom. The fourth-order valence-corrected chi connectivity index (χ4v) is 4.87. The maximum absolute atomic E-state index is 13.6. The number of fused-ring (bicyclic) bond motifs is 1. The van der Waals surface area contributed by atoms with Crippen LogP contribution in [0.25, 0.3) is 6.08 Å². The molecule has 0 saturated carbocycles. The molecule has 1 aliphatic rings. The molecule has 0 unspecified atom stereocenters. The van der Waals surface area contributed by atoms with Crippen LogP contribution in [0.4, 0.5) is 0 Å². The predicted octanol–water partition coefficient (Wildman–Crippen LogP) is 3.67. The number of esters is 1. The lowest BCUT2D eigenvalue weighted by atomic mass is 9.96. The third kappa shape index (κ3) is 4.65. The maximum Gasteiger partial charge on any atom is 0.338 e. The first kappa shape index (κ1) is 23.4. The first-order valence-corrected chi connectivity index (χ1v) is 11.8. The van der Waals surface area contributed by atoms with Crippen LogP contribution < -0.4 is 19.6 Å². The molecule has 2 aromatic carbocycles. The number of aryl methyl sites for hydroxylation is 1. The maximum atomic E-state index is 13.6. The van der Waals surface area contributed by atoms with Gasteiger partial charge in [0.05, 0.1) is 28.5 Å². The van der Waals surface area contributed by atoms with Crippen LogP contribution in [-0.4, -0.2) is 23.8 Å². The van der Waals surface area contributed by atoms with E-state index in [0.717, 1.165) is 16.7 Å². The zero-order chi connectivity index (χ0) is 24.2. The Bertz CT molecular complexity index is 1430. The second kappa shape index (κ2) is 10.1. The number of aromatic nitrogens is 1. The summed E-state index contributed by atoms with van der Waals surface area (Å²) in [6, 6.07) is 14.7. The normalized spacial score (nSPS) is 15.5. The summed E-state index contributed by atoms with van der Waals surface area (Å²) in [7, 11) is 0. The van der Waals surface area contributed by atoms with Crippen molar-refractivity contribution in [3.63, 3.8) is 0 Å². The van der Waals surface area contributed by atoms with Gasteiger partial charge in [0.2, 0.25) is 0 Å². The molecular formula is C27H26N2O4S. The van der Waals surface area contributed by atoms with Gasteiger partial charge in [-0.15, -0.1) is 0 Å². The Balaban J connectivity index is 1.88. The molecule has 0 spiro atoms. The number of allylic oxidation sites excluding steroid dienone is 1. The molecule has 34 heavy (non-hydrogen) atoms. The average Bonchev–Trinajstić information content (AvgIpc) is 3.13. The van der Waals surface area contributed by atoms with E-state index < -0.39 is 12.0 Å². The van der Waals surface area contributed by atoms with Gasteiger partial charge in [0.15, 0.2) is 4.80 Å². The van der Waals surface area contributed by atoms with Crippen molar-refractivity contribution in [2.45, 2.75) is 26.8 Å². The van der Waals surface area contributed by atoms with Gasteiger partial charge in [-0.25, -0.2) is 9.79 Å². The van der Waals surface area contributed by atoms with Gasteiger partial charge in [0.1, 0.15) is 12.4 Å². The molecule has 3 aromatic rings. The second-order valence-electron chi connectivity index (χ2n) is 7.88. The van der Waals surface area contributed by atoms with E-state index in [-0.39, 0.29) is 12.2 Å². The zero-order valence-electron chi connectivity index (χ0n) is 19.4. The van der Waals surface area contributed by atoms with Gasteiger partial charge >= 0.3 is 5.97 Å². The predicted molar refractivity (Wildman–Crippen MR) is 134 cm³/mol. The lowest BCUT2D eigenvalue weighted by Crippen LogP contribution is -2.39. The Kier molecular flexibility index (Phi) is 6.93. The Labute approximate surface area is 201 Å². The van der Waals surface area contributed by atoms with Crippen molar-refractivity contribution in [1.29, 1.82) is 0 Å². The minimum atomic E-state index is -0.649. The van der Waals surface area contributed by atoms with Crippen LogP contribution in [-0.2, 0) is 9.53 Å². The summed E-state index contributed by atoms with van der Waals surface area (Å²) >= 11 is 1.31. The molecule has 0 bridgehead atoms. The van der Waals surface area contributed by atoms with Crippen LogP contribution in [0.5, 0.6) is 5.75 Å². The first-order valence-electron chi connectivity index (χ1n) is 11.0. The SMILES string of the molecule is C=CCOc1ccc([C@H]2C(C(=O)OCC)=C(C)N=c3s/c(=C\c4ccc(C)cc4)c(=O)n32)cc1. The minimum absolute atomic E-state index is 0.199. The highest BCUT2D eigenvalue weighted by molar-refractivity contribution is 7.07. The molecule has 0 fully saturated rings. The van der Waals surface area contributed by atoms with E-state index in [1.54, 1.807) is 24.5 Å². The molecule has 4 rings (SSSR count). The standard InChI is InChI=1S/C27H26N2O4S/c1-5-15-33-21-13-11-20(12-14-21)24-23(26(31)32-6-2)18(4)28-27-29(24)25(30)22(34-27)16-19-9-7-17(3)8-10-19/h5,7-14,16,24H,1,6,15H2,2-4H3/b22-16-/t24-/m0/s1. The van der Waals surface area contributed by atoms with Gasteiger partial charge in [-0.1, -0.05) is 66.0 Å². The molecule has 1 aliphatic heterocycles. The number of hydrogen-bond donors (Lipinski definition) is 0. The van der Waals surface area contributed by atoms with Crippen molar-refractivity contribution in [2.24, 2.45) is 4.99 Å². The van der Waals surface area contributed by atoms with Crippen molar-refractivity contribution in [3.8, 4) is 5.75 Å². The van der Waals surface area contributed by atoms with E-state index in [0.29, 0.717) is 33.0 Å². The van der Waals surface area contributed by atoms with Crippen LogP contribution in [0, 0.1) is 6.92 Å². The lowest BCUT2D eigenvalue weighted by molar-refractivity contribution is -0.139. The molecule has 0 aliphatic carbocycles. The Morgan fingerprint density at radius 1 is 1.15 bits per heavy atom. The number of benzene rings is 2. The van der Waals surface area contributed by atoms with Crippen molar-refractivity contribution in [2.75, 3.05) is 13.2 Å². The highest BCUT2D eigenvalue weighted by atomic mass is 32.1. The summed E-state index contributed by atoms with van der Waals surface area (Å²) in [5.41, 5.74) is 3.54. The van der Waals surface area contributed by atoms with Crippen molar-refractivity contribution in [3.05, 3.63) is 109 Å². The molecule has 174 valence electrons. The molecule has 0 amide bonds. The van der Waals surface area contributed by atoms with Gasteiger partial charge in [-0.2, -0.15) is 0 Å². The van der Waals surface area contributed by atoms with E-state index in [1.807, 2.05) is 61.5 Å². The smallest absolute Gasteiger partial charge is 0.338 e. The van der Waals surface area contributed by atoms with Crippen molar-refractivity contribution in [1.82, 2.24) is 4.57 Å². The third-order valence-corrected chi connectivity index (χ3v) is 6.44. The fourth-order valence-electron chi connectivity index (χ4n) is 3.82. The molecule has 0 N–H and O–H groups in total. The number of rotatable bonds is 7. The van der Waals surface area contributed by atoms with Crippen molar-refractivity contribution < 1.29 is 14.3 Å². The summed E-state index contributed by atoms with van der Waals surface area (Å²) in [5.74, 6) is 0.197.